The van der Waals surface area contributed by atoms with Gasteiger partial charge in [0.25, 0.3) is 0 Å². The van der Waals surface area contributed by atoms with Crippen LogP contribution in [0.15, 0.2) is 60.7 Å². The molecule has 1 heterocycles. The predicted molar refractivity (Wildman–Crippen MR) is 128 cm³/mol. The summed E-state index contributed by atoms with van der Waals surface area (Å²) in [4.78, 5) is 14.7. The summed E-state index contributed by atoms with van der Waals surface area (Å²) in [6, 6.07) is 19.7. The third-order valence-corrected chi connectivity index (χ3v) is 7.30. The van der Waals surface area contributed by atoms with Gasteiger partial charge in [-0.3, -0.25) is 4.90 Å². The van der Waals surface area contributed by atoms with Crippen LogP contribution in [0.2, 0.25) is 0 Å². The molecule has 0 aromatic heterocycles. The van der Waals surface area contributed by atoms with Crippen molar-refractivity contribution in [1.29, 1.82) is 0 Å². The minimum absolute atomic E-state index is 0.132. The maximum atomic E-state index is 13.0. The summed E-state index contributed by atoms with van der Waals surface area (Å²) in [5, 5.41) is 10.1. The van der Waals surface area contributed by atoms with Gasteiger partial charge in [0.05, 0.1) is 30.9 Å². The smallest absolute Gasteiger partial charge is 0.410 e. The Bertz CT molecular complexity index is 886. The van der Waals surface area contributed by atoms with Crippen LogP contribution in [0.4, 0.5) is 4.79 Å². The number of hydrogen-bond donors (Lipinski definition) is 2. The van der Waals surface area contributed by atoms with E-state index in [2.05, 4.69) is 30.3 Å². The Kier molecular flexibility index (Phi) is 7.68. The standard InChI is InChI=1S/C27H36N2O4/c1-20-16-27(28,19-30)25(29(20)26(31)33-17-21-8-4-2-5-9-21)18-32-24-14-12-23(13-15-24)22-10-6-3-7-11-22/h2-11,20,23-25,30H,12-19,28H2,1H3/t20-,23-,24+,25+,27-/m1/s1. The second kappa shape index (κ2) is 10.7. The Hall–Kier alpha value is -2.41. The van der Waals surface area contributed by atoms with E-state index in [9.17, 15) is 9.90 Å². The number of nitrogens with zero attached hydrogens (tertiary/aromatic N) is 1. The molecule has 33 heavy (non-hydrogen) atoms. The second-order valence-electron chi connectivity index (χ2n) is 9.63. The number of likely N-dealkylation sites (tertiary alicyclic amines) is 1. The van der Waals surface area contributed by atoms with Crippen LogP contribution >= 0.6 is 0 Å². The van der Waals surface area contributed by atoms with Gasteiger partial charge in [-0.25, -0.2) is 4.79 Å². The summed E-state index contributed by atoms with van der Waals surface area (Å²) in [6.07, 6.45) is 4.39. The lowest BCUT2D eigenvalue weighted by Crippen LogP contribution is -2.58. The quantitative estimate of drug-likeness (QED) is 0.657. The number of hydrogen-bond acceptors (Lipinski definition) is 5. The van der Waals surface area contributed by atoms with Gasteiger partial charge in [-0.15, -0.1) is 0 Å². The summed E-state index contributed by atoms with van der Waals surface area (Å²) < 4.78 is 11.9. The number of carbonyl (C=O) groups is 1. The predicted octanol–water partition coefficient (Wildman–Crippen LogP) is 4.22. The fourth-order valence-corrected chi connectivity index (χ4v) is 5.40. The first kappa shape index (κ1) is 23.7. The minimum Gasteiger partial charge on any atom is -0.445 e. The molecule has 6 heteroatoms. The molecule has 2 aromatic carbocycles. The van der Waals surface area contributed by atoms with Crippen LogP contribution in [0.25, 0.3) is 0 Å². The van der Waals surface area contributed by atoms with Crippen molar-refractivity contribution < 1.29 is 19.4 Å². The minimum atomic E-state index is -0.896. The Morgan fingerprint density at radius 1 is 1.06 bits per heavy atom. The molecule has 0 spiro atoms. The molecule has 3 N–H and O–H groups in total. The van der Waals surface area contributed by atoms with Crippen molar-refractivity contribution in [1.82, 2.24) is 4.90 Å². The number of rotatable bonds is 7. The van der Waals surface area contributed by atoms with E-state index in [4.69, 9.17) is 15.2 Å². The van der Waals surface area contributed by atoms with Crippen LogP contribution in [0.1, 0.15) is 56.1 Å². The highest BCUT2D eigenvalue weighted by Crippen LogP contribution is 2.36. The van der Waals surface area contributed by atoms with Gasteiger partial charge in [-0.1, -0.05) is 60.7 Å². The van der Waals surface area contributed by atoms with Gasteiger partial charge in [-0.2, -0.15) is 0 Å². The summed E-state index contributed by atoms with van der Waals surface area (Å²) in [5.41, 5.74) is 8.00. The van der Waals surface area contributed by atoms with Crippen LogP contribution in [0.5, 0.6) is 0 Å². The summed E-state index contributed by atoms with van der Waals surface area (Å²) in [7, 11) is 0. The molecule has 2 fully saturated rings. The molecular weight excluding hydrogens is 416 g/mol. The highest BCUT2D eigenvalue weighted by molar-refractivity contribution is 5.69. The van der Waals surface area contributed by atoms with Crippen LogP contribution < -0.4 is 5.73 Å². The van der Waals surface area contributed by atoms with Gasteiger partial charge in [-0.05, 0) is 56.1 Å². The van der Waals surface area contributed by atoms with E-state index >= 15 is 0 Å². The van der Waals surface area contributed by atoms with Gasteiger partial charge in [0, 0.05) is 6.04 Å². The normalized spacial score (nSPS) is 29.7. The molecule has 2 aromatic rings. The maximum absolute atomic E-state index is 13.0. The van der Waals surface area contributed by atoms with Gasteiger partial charge >= 0.3 is 6.09 Å². The molecule has 1 aliphatic heterocycles. The van der Waals surface area contributed by atoms with Crippen LogP contribution in [0.3, 0.4) is 0 Å². The highest BCUT2D eigenvalue weighted by Gasteiger charge is 2.51. The van der Waals surface area contributed by atoms with Crippen molar-refractivity contribution in [2.45, 2.75) is 75.3 Å². The number of carbonyl (C=O) groups excluding carboxylic acids is 1. The first-order valence-corrected chi connectivity index (χ1v) is 12.1. The SMILES string of the molecule is C[C@@H]1C[C@@](N)(CO)[C@H](CO[C@H]2CC[C@@H](c3ccccc3)CC2)N1C(=O)OCc1ccccc1. The molecule has 3 atom stereocenters. The Balaban J connectivity index is 1.35. The average Bonchev–Trinajstić information content (AvgIpc) is 3.12. The van der Waals surface area contributed by atoms with Crippen LogP contribution in [-0.2, 0) is 16.1 Å². The number of ether oxygens (including phenoxy) is 2. The zero-order chi connectivity index (χ0) is 23.3. The molecule has 1 aliphatic carbocycles. The summed E-state index contributed by atoms with van der Waals surface area (Å²) in [6.45, 7) is 2.26. The summed E-state index contributed by atoms with van der Waals surface area (Å²) >= 11 is 0. The fourth-order valence-electron chi connectivity index (χ4n) is 5.40. The third kappa shape index (κ3) is 5.57. The average molecular weight is 453 g/mol. The van der Waals surface area contributed by atoms with Crippen molar-refractivity contribution in [2.24, 2.45) is 5.73 Å². The molecule has 178 valence electrons. The Morgan fingerprint density at radius 2 is 1.70 bits per heavy atom. The molecule has 6 nitrogen and oxygen atoms in total. The van der Waals surface area contributed by atoms with Crippen molar-refractivity contribution in [2.75, 3.05) is 13.2 Å². The molecule has 0 radical (unpaired) electrons. The van der Waals surface area contributed by atoms with E-state index in [1.54, 1.807) is 4.90 Å². The zero-order valence-electron chi connectivity index (χ0n) is 19.4. The van der Waals surface area contributed by atoms with Crippen LogP contribution in [0, 0.1) is 0 Å². The molecule has 1 amide bonds. The zero-order valence-corrected chi connectivity index (χ0v) is 19.4. The molecule has 0 unspecified atom stereocenters. The molecule has 4 rings (SSSR count). The lowest BCUT2D eigenvalue weighted by Gasteiger charge is -2.36. The van der Waals surface area contributed by atoms with E-state index in [1.165, 1.54) is 5.56 Å². The van der Waals surface area contributed by atoms with E-state index in [1.807, 2.05) is 37.3 Å². The second-order valence-corrected chi connectivity index (χ2v) is 9.63. The van der Waals surface area contributed by atoms with E-state index in [0.717, 1.165) is 31.2 Å². The lowest BCUT2D eigenvalue weighted by molar-refractivity contribution is -0.0230. The van der Waals surface area contributed by atoms with Crippen molar-refractivity contribution >= 4 is 6.09 Å². The fraction of sp³-hybridized carbons (Fsp3) is 0.519. The van der Waals surface area contributed by atoms with Crippen LogP contribution in [-0.4, -0.2) is 53.0 Å². The number of benzene rings is 2. The molecule has 1 saturated carbocycles. The van der Waals surface area contributed by atoms with Gasteiger partial charge in [0.1, 0.15) is 6.61 Å². The molecule has 1 saturated heterocycles. The van der Waals surface area contributed by atoms with Gasteiger partial charge in [0.2, 0.25) is 0 Å². The largest absolute Gasteiger partial charge is 0.445 e. The van der Waals surface area contributed by atoms with Gasteiger partial charge < -0.3 is 20.3 Å². The topological polar surface area (TPSA) is 85.0 Å². The first-order chi connectivity index (χ1) is 16.0. The number of amides is 1. The number of aliphatic hydroxyl groups excluding tert-OH is 1. The van der Waals surface area contributed by atoms with E-state index in [-0.39, 0.29) is 25.4 Å². The Morgan fingerprint density at radius 3 is 2.33 bits per heavy atom. The Labute approximate surface area is 196 Å². The first-order valence-electron chi connectivity index (χ1n) is 12.1. The third-order valence-electron chi connectivity index (χ3n) is 7.30. The lowest BCUT2D eigenvalue weighted by atomic mass is 9.82. The summed E-state index contributed by atoms with van der Waals surface area (Å²) in [5.74, 6) is 0.577. The molecular formula is C27H36N2O4. The number of aliphatic hydroxyl groups is 1. The highest BCUT2D eigenvalue weighted by atomic mass is 16.6. The molecule has 0 bridgehead atoms. The van der Waals surface area contributed by atoms with E-state index in [0.29, 0.717) is 18.9 Å². The van der Waals surface area contributed by atoms with Crippen molar-refractivity contribution in [3.05, 3.63) is 71.8 Å². The van der Waals surface area contributed by atoms with Crippen molar-refractivity contribution in [3.63, 3.8) is 0 Å². The molecule has 2 aliphatic rings. The number of nitrogens with two attached hydrogens (primary N) is 1. The maximum Gasteiger partial charge on any atom is 0.410 e. The van der Waals surface area contributed by atoms with Gasteiger partial charge in [0.15, 0.2) is 0 Å². The monoisotopic (exact) mass is 452 g/mol. The van der Waals surface area contributed by atoms with Crippen molar-refractivity contribution in [3.8, 4) is 0 Å². The van der Waals surface area contributed by atoms with E-state index < -0.39 is 17.7 Å².